The minimum absolute atomic E-state index is 0.0732. The van der Waals surface area contributed by atoms with E-state index in [-0.39, 0.29) is 31.3 Å². The van der Waals surface area contributed by atoms with Crippen LogP contribution in [0.2, 0.25) is 0 Å². The lowest BCUT2D eigenvalue weighted by molar-refractivity contribution is -0.133. The Labute approximate surface area is 142 Å². The van der Waals surface area contributed by atoms with Crippen LogP contribution >= 0.6 is 0 Å². The molecule has 2 aromatic rings. The quantitative estimate of drug-likeness (QED) is 0.848. The Morgan fingerprint density at radius 3 is 2.50 bits per heavy atom. The molecule has 24 heavy (non-hydrogen) atoms. The summed E-state index contributed by atoms with van der Waals surface area (Å²) in [7, 11) is 1.61. The molecule has 0 aliphatic heterocycles. The summed E-state index contributed by atoms with van der Waals surface area (Å²) in [6, 6.07) is 13.7. The second-order valence-corrected chi connectivity index (χ2v) is 6.65. The number of benzene rings is 2. The second-order valence-electron chi connectivity index (χ2n) is 6.65. The van der Waals surface area contributed by atoms with Gasteiger partial charge in [0, 0.05) is 13.6 Å². The van der Waals surface area contributed by atoms with Gasteiger partial charge in [0.25, 0.3) is 0 Å². The molecule has 128 valence electrons. The average Bonchev–Trinajstić information content (AvgIpc) is 2.51. The number of likely N-dealkylation sites (N-methyl/N-ethyl adjacent to an activating group) is 1. The van der Waals surface area contributed by atoms with Crippen LogP contribution in [-0.2, 0) is 16.0 Å². The first kappa shape index (κ1) is 17.9. The molecule has 2 N–H and O–H groups in total. The molecule has 2 amide bonds. The molecule has 0 saturated heterocycles. The Morgan fingerprint density at radius 2 is 1.79 bits per heavy atom. The van der Waals surface area contributed by atoms with Crippen LogP contribution in [0.25, 0.3) is 10.8 Å². The zero-order valence-corrected chi connectivity index (χ0v) is 14.4. The van der Waals surface area contributed by atoms with Crippen molar-refractivity contribution in [2.75, 3.05) is 20.1 Å². The van der Waals surface area contributed by atoms with Gasteiger partial charge in [0.1, 0.15) is 0 Å². The maximum atomic E-state index is 12.1. The maximum absolute atomic E-state index is 12.1. The molecular formula is C19H24N2O3. The molecule has 0 atom stereocenters. The van der Waals surface area contributed by atoms with Crippen LogP contribution < -0.4 is 5.32 Å². The number of carbonyl (C=O) groups is 2. The van der Waals surface area contributed by atoms with Crippen molar-refractivity contribution in [1.29, 1.82) is 0 Å². The van der Waals surface area contributed by atoms with Crippen molar-refractivity contribution in [1.82, 2.24) is 10.2 Å². The predicted molar refractivity (Wildman–Crippen MR) is 94.6 cm³/mol. The second kappa shape index (κ2) is 7.45. The highest BCUT2D eigenvalue weighted by atomic mass is 16.3. The molecule has 0 aromatic heterocycles. The molecule has 0 unspecified atom stereocenters. The van der Waals surface area contributed by atoms with E-state index in [0.29, 0.717) is 0 Å². The summed E-state index contributed by atoms with van der Waals surface area (Å²) in [5, 5.41) is 14.5. The van der Waals surface area contributed by atoms with Crippen LogP contribution in [0.1, 0.15) is 19.4 Å². The van der Waals surface area contributed by atoms with Crippen molar-refractivity contribution < 1.29 is 14.7 Å². The SMILES string of the molecule is CN(CC(C)(C)O)C(=O)CNC(=O)Cc1cccc2ccccc12. The number of hydrogen-bond donors (Lipinski definition) is 2. The number of amides is 2. The van der Waals surface area contributed by atoms with Crippen LogP contribution in [-0.4, -0.2) is 47.6 Å². The smallest absolute Gasteiger partial charge is 0.241 e. The molecule has 0 radical (unpaired) electrons. The first-order valence-electron chi connectivity index (χ1n) is 7.96. The number of nitrogens with one attached hydrogen (secondary N) is 1. The minimum atomic E-state index is -0.961. The monoisotopic (exact) mass is 328 g/mol. The highest BCUT2D eigenvalue weighted by molar-refractivity contribution is 5.91. The Morgan fingerprint density at radius 1 is 1.12 bits per heavy atom. The number of fused-ring (bicyclic) bond motifs is 1. The first-order chi connectivity index (χ1) is 11.3. The number of carbonyl (C=O) groups excluding carboxylic acids is 2. The van der Waals surface area contributed by atoms with Crippen molar-refractivity contribution in [3.05, 3.63) is 48.0 Å². The molecule has 0 fully saturated rings. The molecule has 2 rings (SSSR count). The molecule has 2 aromatic carbocycles. The summed E-state index contributed by atoms with van der Waals surface area (Å²) in [4.78, 5) is 25.5. The summed E-state index contributed by atoms with van der Waals surface area (Å²) in [6.07, 6.45) is 0.226. The van der Waals surface area contributed by atoms with Crippen LogP contribution in [0, 0.1) is 0 Å². The standard InChI is InChI=1S/C19H24N2O3/c1-19(2,24)13-21(3)18(23)12-20-17(22)11-15-9-6-8-14-7-4-5-10-16(14)15/h4-10,24H,11-13H2,1-3H3,(H,20,22). The lowest BCUT2D eigenvalue weighted by atomic mass is 10.0. The molecule has 5 nitrogen and oxygen atoms in total. The highest BCUT2D eigenvalue weighted by Crippen LogP contribution is 2.18. The lowest BCUT2D eigenvalue weighted by Crippen LogP contribution is -2.44. The first-order valence-corrected chi connectivity index (χ1v) is 7.96. The predicted octanol–water partition coefficient (Wildman–Crippen LogP) is 1.73. The van der Waals surface area contributed by atoms with Gasteiger partial charge in [-0.05, 0) is 30.2 Å². The van der Waals surface area contributed by atoms with E-state index in [1.807, 2.05) is 42.5 Å². The lowest BCUT2D eigenvalue weighted by Gasteiger charge is -2.25. The summed E-state index contributed by atoms with van der Waals surface area (Å²) in [5.41, 5.74) is -0.0277. The highest BCUT2D eigenvalue weighted by Gasteiger charge is 2.19. The Kier molecular flexibility index (Phi) is 5.57. The summed E-state index contributed by atoms with van der Waals surface area (Å²) in [5.74, 6) is -0.431. The Balaban J connectivity index is 1.92. The Bertz CT molecular complexity index is 729. The fourth-order valence-corrected chi connectivity index (χ4v) is 2.66. The third kappa shape index (κ3) is 5.06. The summed E-state index contributed by atoms with van der Waals surface area (Å²) >= 11 is 0. The molecule has 0 spiro atoms. The van der Waals surface area contributed by atoms with Crippen LogP contribution in [0.4, 0.5) is 0 Å². The van der Waals surface area contributed by atoms with Gasteiger partial charge in [-0.2, -0.15) is 0 Å². The van der Waals surface area contributed by atoms with E-state index < -0.39 is 5.60 Å². The van der Waals surface area contributed by atoms with Crippen molar-refractivity contribution >= 4 is 22.6 Å². The van der Waals surface area contributed by atoms with E-state index in [0.717, 1.165) is 16.3 Å². The maximum Gasteiger partial charge on any atom is 0.241 e. The normalized spacial score (nSPS) is 11.3. The van der Waals surface area contributed by atoms with E-state index in [2.05, 4.69) is 5.32 Å². The number of hydrogen-bond acceptors (Lipinski definition) is 3. The molecule has 0 aliphatic carbocycles. The number of nitrogens with zero attached hydrogens (tertiary/aromatic N) is 1. The van der Waals surface area contributed by atoms with E-state index in [9.17, 15) is 14.7 Å². The van der Waals surface area contributed by atoms with Crippen molar-refractivity contribution in [2.45, 2.75) is 25.9 Å². The van der Waals surface area contributed by atoms with Gasteiger partial charge >= 0.3 is 0 Å². The van der Waals surface area contributed by atoms with Gasteiger partial charge in [-0.3, -0.25) is 9.59 Å². The van der Waals surface area contributed by atoms with E-state index in [1.54, 1.807) is 20.9 Å². The third-order valence-electron chi connectivity index (χ3n) is 3.72. The fourth-order valence-electron chi connectivity index (χ4n) is 2.66. The van der Waals surface area contributed by atoms with Gasteiger partial charge in [-0.25, -0.2) is 0 Å². The largest absolute Gasteiger partial charge is 0.389 e. The van der Waals surface area contributed by atoms with Crippen LogP contribution in [0.15, 0.2) is 42.5 Å². The topological polar surface area (TPSA) is 69.6 Å². The van der Waals surface area contributed by atoms with Gasteiger partial charge in [-0.1, -0.05) is 42.5 Å². The molecule has 5 heteroatoms. The molecule has 0 saturated carbocycles. The van der Waals surface area contributed by atoms with E-state index in [4.69, 9.17) is 0 Å². The van der Waals surface area contributed by atoms with Crippen LogP contribution in [0.3, 0.4) is 0 Å². The fraction of sp³-hybridized carbons (Fsp3) is 0.368. The van der Waals surface area contributed by atoms with Gasteiger partial charge in [-0.15, -0.1) is 0 Å². The van der Waals surface area contributed by atoms with Crippen molar-refractivity contribution in [3.8, 4) is 0 Å². The zero-order chi connectivity index (χ0) is 17.7. The number of rotatable bonds is 6. The third-order valence-corrected chi connectivity index (χ3v) is 3.72. The molecular weight excluding hydrogens is 304 g/mol. The van der Waals surface area contributed by atoms with Gasteiger partial charge < -0.3 is 15.3 Å². The summed E-state index contributed by atoms with van der Waals surface area (Å²) in [6.45, 7) is 3.41. The van der Waals surface area contributed by atoms with E-state index >= 15 is 0 Å². The zero-order valence-electron chi connectivity index (χ0n) is 14.4. The molecule has 0 bridgehead atoms. The molecule has 0 heterocycles. The van der Waals surface area contributed by atoms with Crippen LogP contribution in [0.5, 0.6) is 0 Å². The molecule has 0 aliphatic rings. The number of aliphatic hydroxyl groups is 1. The Hall–Kier alpha value is -2.40. The van der Waals surface area contributed by atoms with Gasteiger partial charge in [0.05, 0.1) is 18.6 Å². The average molecular weight is 328 g/mol. The van der Waals surface area contributed by atoms with E-state index in [1.165, 1.54) is 4.90 Å². The van der Waals surface area contributed by atoms with Crippen molar-refractivity contribution in [3.63, 3.8) is 0 Å². The minimum Gasteiger partial charge on any atom is -0.389 e. The van der Waals surface area contributed by atoms with Gasteiger partial charge in [0.15, 0.2) is 0 Å². The summed E-state index contributed by atoms with van der Waals surface area (Å²) < 4.78 is 0. The van der Waals surface area contributed by atoms with Gasteiger partial charge in [0.2, 0.25) is 11.8 Å². The van der Waals surface area contributed by atoms with Crippen molar-refractivity contribution in [2.24, 2.45) is 0 Å².